The standard InChI is InChI=1S/C21H21ClFNO3/c1-13(25)14-6-9-20(27-2)15(10-14)11-21(26)24(16-7-8-16)12-17-18(22)4-3-5-19(17)23/h3-6,9-10,16H,7-8,11-12H2,1-2H3. The number of benzene rings is 2. The van der Waals surface area contributed by atoms with Crippen LogP contribution in [0.1, 0.15) is 41.3 Å². The van der Waals surface area contributed by atoms with Gasteiger partial charge in [0, 0.05) is 27.8 Å². The summed E-state index contributed by atoms with van der Waals surface area (Å²) in [6, 6.07) is 9.64. The zero-order chi connectivity index (χ0) is 19.6. The summed E-state index contributed by atoms with van der Waals surface area (Å²) < 4.78 is 19.5. The van der Waals surface area contributed by atoms with Crippen LogP contribution in [0.4, 0.5) is 4.39 Å². The molecule has 6 heteroatoms. The fourth-order valence-corrected chi connectivity index (χ4v) is 3.28. The number of amides is 1. The lowest BCUT2D eigenvalue weighted by Gasteiger charge is -2.24. The third-order valence-corrected chi connectivity index (χ3v) is 5.08. The molecular weight excluding hydrogens is 369 g/mol. The van der Waals surface area contributed by atoms with Gasteiger partial charge in [0.15, 0.2) is 5.78 Å². The molecule has 1 saturated carbocycles. The Balaban J connectivity index is 1.84. The number of ketones is 1. The van der Waals surface area contributed by atoms with Crippen LogP contribution in [0.15, 0.2) is 36.4 Å². The van der Waals surface area contributed by atoms with Crippen molar-refractivity contribution in [3.63, 3.8) is 0 Å². The van der Waals surface area contributed by atoms with Crippen molar-refractivity contribution in [3.8, 4) is 5.75 Å². The summed E-state index contributed by atoms with van der Waals surface area (Å²) in [5.74, 6) is -0.0931. The zero-order valence-electron chi connectivity index (χ0n) is 15.3. The molecular formula is C21H21ClFNO3. The maximum atomic E-state index is 14.2. The van der Waals surface area contributed by atoms with Gasteiger partial charge in [0.25, 0.3) is 0 Å². The summed E-state index contributed by atoms with van der Waals surface area (Å²) >= 11 is 6.13. The van der Waals surface area contributed by atoms with Crippen molar-refractivity contribution in [3.05, 3.63) is 63.9 Å². The van der Waals surface area contributed by atoms with Gasteiger partial charge in [0.05, 0.1) is 20.1 Å². The molecule has 3 rings (SSSR count). The van der Waals surface area contributed by atoms with Gasteiger partial charge in [0.2, 0.25) is 5.91 Å². The molecule has 0 saturated heterocycles. The van der Waals surface area contributed by atoms with E-state index in [-0.39, 0.29) is 30.7 Å². The molecule has 27 heavy (non-hydrogen) atoms. The van der Waals surface area contributed by atoms with Crippen LogP contribution in [0.3, 0.4) is 0 Å². The van der Waals surface area contributed by atoms with E-state index in [0.29, 0.717) is 27.5 Å². The maximum Gasteiger partial charge on any atom is 0.227 e. The number of carbonyl (C=O) groups is 2. The van der Waals surface area contributed by atoms with Gasteiger partial charge in [0.1, 0.15) is 11.6 Å². The van der Waals surface area contributed by atoms with Crippen molar-refractivity contribution in [2.45, 2.75) is 38.8 Å². The number of carbonyl (C=O) groups excluding carboxylic acids is 2. The van der Waals surface area contributed by atoms with Gasteiger partial charge < -0.3 is 9.64 Å². The predicted molar refractivity (Wildman–Crippen MR) is 102 cm³/mol. The van der Waals surface area contributed by atoms with Crippen LogP contribution in [0.25, 0.3) is 0 Å². The topological polar surface area (TPSA) is 46.6 Å². The van der Waals surface area contributed by atoms with Gasteiger partial charge in [-0.2, -0.15) is 0 Å². The number of hydrogen-bond acceptors (Lipinski definition) is 3. The SMILES string of the molecule is COc1ccc(C(C)=O)cc1CC(=O)N(Cc1c(F)cccc1Cl)C1CC1. The molecule has 0 spiro atoms. The predicted octanol–water partition coefficient (Wildman–Crippen LogP) is 4.42. The highest BCUT2D eigenvalue weighted by Gasteiger charge is 2.33. The lowest BCUT2D eigenvalue weighted by Crippen LogP contribution is -2.34. The molecule has 1 aliphatic carbocycles. The minimum atomic E-state index is -0.419. The average molecular weight is 390 g/mol. The Kier molecular flexibility index (Phi) is 5.80. The maximum absolute atomic E-state index is 14.2. The normalized spacial score (nSPS) is 13.3. The molecule has 0 radical (unpaired) electrons. The largest absolute Gasteiger partial charge is 0.496 e. The number of nitrogens with zero attached hydrogens (tertiary/aromatic N) is 1. The van der Waals surface area contributed by atoms with Crippen LogP contribution in [0, 0.1) is 5.82 Å². The molecule has 2 aromatic rings. The lowest BCUT2D eigenvalue weighted by molar-refractivity contribution is -0.131. The van der Waals surface area contributed by atoms with Crippen LogP contribution < -0.4 is 4.74 Å². The Labute approximate surface area is 162 Å². The van der Waals surface area contributed by atoms with E-state index in [9.17, 15) is 14.0 Å². The summed E-state index contributed by atoms with van der Waals surface area (Å²) in [6.07, 6.45) is 1.86. The number of rotatable bonds is 7. The average Bonchev–Trinajstić information content (AvgIpc) is 3.46. The third-order valence-electron chi connectivity index (χ3n) is 4.73. The zero-order valence-corrected chi connectivity index (χ0v) is 16.1. The number of methoxy groups -OCH3 is 1. The highest BCUT2D eigenvalue weighted by atomic mass is 35.5. The van der Waals surface area contributed by atoms with Gasteiger partial charge in [-0.3, -0.25) is 9.59 Å². The first kappa shape index (κ1) is 19.4. The van der Waals surface area contributed by atoms with E-state index in [1.807, 2.05) is 0 Å². The molecule has 1 fully saturated rings. The van der Waals surface area contributed by atoms with E-state index < -0.39 is 5.82 Å². The second-order valence-electron chi connectivity index (χ2n) is 6.71. The van der Waals surface area contributed by atoms with Crippen molar-refractivity contribution in [2.24, 2.45) is 0 Å². The van der Waals surface area contributed by atoms with E-state index in [1.54, 1.807) is 35.2 Å². The summed E-state index contributed by atoms with van der Waals surface area (Å²) in [5, 5.41) is 0.310. The molecule has 0 aromatic heterocycles. The number of hydrogen-bond donors (Lipinski definition) is 0. The van der Waals surface area contributed by atoms with E-state index in [4.69, 9.17) is 16.3 Å². The molecule has 0 unspecified atom stereocenters. The van der Waals surface area contributed by atoms with Crippen LogP contribution in [-0.4, -0.2) is 29.7 Å². The van der Waals surface area contributed by atoms with Crippen LogP contribution in [0.5, 0.6) is 5.75 Å². The Bertz CT molecular complexity index is 859. The van der Waals surface area contributed by atoms with E-state index >= 15 is 0 Å². The Hall–Kier alpha value is -2.40. The number of Topliss-reactive ketones (excluding diaryl/α,β-unsaturated/α-hetero) is 1. The highest BCUT2D eigenvalue weighted by Crippen LogP contribution is 2.32. The van der Waals surface area contributed by atoms with Gasteiger partial charge >= 0.3 is 0 Å². The first-order valence-electron chi connectivity index (χ1n) is 8.81. The van der Waals surface area contributed by atoms with Gasteiger partial charge in [-0.15, -0.1) is 0 Å². The van der Waals surface area contributed by atoms with Crippen molar-refractivity contribution in [1.29, 1.82) is 0 Å². The van der Waals surface area contributed by atoms with Gasteiger partial charge in [-0.1, -0.05) is 17.7 Å². The van der Waals surface area contributed by atoms with Crippen LogP contribution in [-0.2, 0) is 17.8 Å². The molecule has 1 amide bonds. The summed E-state index contributed by atoms with van der Waals surface area (Å²) in [7, 11) is 1.52. The van der Waals surface area contributed by atoms with Gasteiger partial charge in [-0.05, 0) is 50.1 Å². The van der Waals surface area contributed by atoms with Crippen molar-refractivity contribution in [1.82, 2.24) is 4.90 Å². The molecule has 1 aliphatic rings. The summed E-state index contributed by atoms with van der Waals surface area (Å²) in [5.41, 5.74) is 1.48. The highest BCUT2D eigenvalue weighted by molar-refractivity contribution is 6.31. The molecule has 0 heterocycles. The Morgan fingerprint density at radius 1 is 1.26 bits per heavy atom. The van der Waals surface area contributed by atoms with E-state index in [2.05, 4.69) is 0 Å². The molecule has 4 nitrogen and oxygen atoms in total. The molecule has 142 valence electrons. The second-order valence-corrected chi connectivity index (χ2v) is 7.12. The van der Waals surface area contributed by atoms with Crippen molar-refractivity contribution < 1.29 is 18.7 Å². The molecule has 2 aromatic carbocycles. The first-order valence-corrected chi connectivity index (χ1v) is 9.18. The fourth-order valence-electron chi connectivity index (χ4n) is 3.06. The third kappa shape index (κ3) is 4.48. The monoisotopic (exact) mass is 389 g/mol. The summed E-state index contributed by atoms with van der Waals surface area (Å²) in [6.45, 7) is 1.60. The minimum Gasteiger partial charge on any atom is -0.496 e. The fraction of sp³-hybridized carbons (Fsp3) is 0.333. The van der Waals surface area contributed by atoms with Gasteiger partial charge in [-0.25, -0.2) is 4.39 Å². The second kappa shape index (κ2) is 8.09. The molecule has 0 atom stereocenters. The van der Waals surface area contributed by atoms with E-state index in [0.717, 1.165) is 12.8 Å². The lowest BCUT2D eigenvalue weighted by atomic mass is 10.0. The van der Waals surface area contributed by atoms with Crippen molar-refractivity contribution in [2.75, 3.05) is 7.11 Å². The Morgan fingerprint density at radius 3 is 2.59 bits per heavy atom. The van der Waals surface area contributed by atoms with Crippen molar-refractivity contribution >= 4 is 23.3 Å². The molecule has 0 N–H and O–H groups in total. The number of halogens is 2. The van der Waals surface area contributed by atoms with Crippen LogP contribution >= 0.6 is 11.6 Å². The van der Waals surface area contributed by atoms with Crippen LogP contribution in [0.2, 0.25) is 5.02 Å². The van der Waals surface area contributed by atoms with E-state index in [1.165, 1.54) is 20.1 Å². The molecule has 0 aliphatic heterocycles. The quantitative estimate of drug-likeness (QED) is 0.658. The Morgan fingerprint density at radius 2 is 2.00 bits per heavy atom. The summed E-state index contributed by atoms with van der Waals surface area (Å²) in [4.78, 5) is 26.3. The number of ether oxygens (including phenoxy) is 1. The molecule has 0 bridgehead atoms. The first-order chi connectivity index (χ1) is 12.9. The minimum absolute atomic E-state index is 0.0763. The smallest absolute Gasteiger partial charge is 0.227 e.